The molecular formula is C14H21ClN4S. The third-order valence-electron chi connectivity index (χ3n) is 3.09. The minimum Gasteiger partial charge on any atom is -0.315 e. The number of hydrogen-bond acceptors (Lipinski definition) is 4. The molecule has 110 valence electrons. The number of nitrogens with zero attached hydrogens (tertiary/aromatic N) is 4. The van der Waals surface area contributed by atoms with E-state index in [1.165, 1.54) is 19.3 Å². The molecule has 2 heterocycles. The first kappa shape index (κ1) is 15.6. The number of fused-ring (bicyclic) bond motifs is 1. The summed E-state index contributed by atoms with van der Waals surface area (Å²) in [6.07, 6.45) is 7.84. The first-order valence-corrected chi connectivity index (χ1v) is 8.63. The largest absolute Gasteiger partial charge is 0.315 e. The fraction of sp³-hybridized carbons (Fsp3) is 0.643. The van der Waals surface area contributed by atoms with E-state index < -0.39 is 0 Å². The summed E-state index contributed by atoms with van der Waals surface area (Å²) in [6.45, 7) is 5.31. The van der Waals surface area contributed by atoms with E-state index in [1.54, 1.807) is 11.8 Å². The molecule has 0 bridgehead atoms. The van der Waals surface area contributed by atoms with Crippen LogP contribution in [0.4, 0.5) is 0 Å². The summed E-state index contributed by atoms with van der Waals surface area (Å²) in [5.41, 5.74) is 1.57. The van der Waals surface area contributed by atoms with Gasteiger partial charge >= 0.3 is 0 Å². The highest BCUT2D eigenvalue weighted by Crippen LogP contribution is 2.24. The van der Waals surface area contributed by atoms with Crippen LogP contribution in [0.15, 0.2) is 11.5 Å². The van der Waals surface area contributed by atoms with E-state index in [-0.39, 0.29) is 0 Å². The Morgan fingerprint density at radius 2 is 2.00 bits per heavy atom. The standard InChI is InChI=1S/C14H21ClN4S/c1-3-5-6-7-8-19-10-16-11-12(15)17-14(18-13(11)19)20-9-4-2/h10H,3-9H2,1-2H3. The molecule has 0 spiro atoms. The van der Waals surface area contributed by atoms with Crippen LogP contribution in [0.1, 0.15) is 46.0 Å². The van der Waals surface area contributed by atoms with Crippen molar-refractivity contribution in [2.45, 2.75) is 57.7 Å². The molecule has 6 heteroatoms. The van der Waals surface area contributed by atoms with Crippen molar-refractivity contribution in [3.63, 3.8) is 0 Å². The predicted molar refractivity (Wildman–Crippen MR) is 85.5 cm³/mol. The van der Waals surface area contributed by atoms with Gasteiger partial charge in [0.1, 0.15) is 5.52 Å². The van der Waals surface area contributed by atoms with Gasteiger partial charge in [0.15, 0.2) is 16.0 Å². The fourth-order valence-electron chi connectivity index (χ4n) is 2.02. The normalized spacial score (nSPS) is 11.3. The van der Waals surface area contributed by atoms with Crippen LogP contribution < -0.4 is 0 Å². The van der Waals surface area contributed by atoms with Crippen LogP contribution in [0, 0.1) is 0 Å². The molecule has 0 aliphatic carbocycles. The van der Waals surface area contributed by atoms with Gasteiger partial charge < -0.3 is 4.57 Å². The van der Waals surface area contributed by atoms with Crippen molar-refractivity contribution in [1.82, 2.24) is 19.5 Å². The van der Waals surface area contributed by atoms with Crippen molar-refractivity contribution in [1.29, 1.82) is 0 Å². The van der Waals surface area contributed by atoms with Crippen LogP contribution in [0.25, 0.3) is 11.2 Å². The Hall–Kier alpha value is -0.810. The topological polar surface area (TPSA) is 43.6 Å². The molecule has 0 unspecified atom stereocenters. The van der Waals surface area contributed by atoms with E-state index >= 15 is 0 Å². The summed E-state index contributed by atoms with van der Waals surface area (Å²) >= 11 is 7.84. The van der Waals surface area contributed by atoms with Crippen molar-refractivity contribution >= 4 is 34.5 Å². The van der Waals surface area contributed by atoms with Crippen LogP contribution in [-0.2, 0) is 6.54 Å². The molecule has 0 amide bonds. The summed E-state index contributed by atoms with van der Waals surface area (Å²) < 4.78 is 2.09. The van der Waals surface area contributed by atoms with Gasteiger partial charge in [-0.25, -0.2) is 15.0 Å². The van der Waals surface area contributed by atoms with Gasteiger partial charge in [0.25, 0.3) is 0 Å². The molecule has 0 radical (unpaired) electrons. The molecule has 0 aromatic carbocycles. The summed E-state index contributed by atoms with van der Waals surface area (Å²) in [6, 6.07) is 0. The van der Waals surface area contributed by atoms with Gasteiger partial charge in [-0.2, -0.15) is 0 Å². The molecule has 2 aromatic rings. The maximum atomic E-state index is 6.20. The van der Waals surface area contributed by atoms with Gasteiger partial charge in [0, 0.05) is 12.3 Å². The summed E-state index contributed by atoms with van der Waals surface area (Å²) in [4.78, 5) is 13.2. The Morgan fingerprint density at radius 3 is 2.75 bits per heavy atom. The van der Waals surface area contributed by atoms with E-state index in [0.29, 0.717) is 10.7 Å². The number of rotatable bonds is 8. The summed E-state index contributed by atoms with van der Waals surface area (Å²) in [5.74, 6) is 1.01. The molecule has 2 rings (SSSR count). The molecule has 0 saturated heterocycles. The quantitative estimate of drug-likeness (QED) is 0.310. The Balaban J connectivity index is 2.16. The molecule has 0 aliphatic heterocycles. The second kappa shape index (κ2) is 7.84. The molecule has 4 nitrogen and oxygen atoms in total. The monoisotopic (exact) mass is 312 g/mol. The maximum absolute atomic E-state index is 6.20. The fourth-order valence-corrected chi connectivity index (χ4v) is 2.98. The highest BCUT2D eigenvalue weighted by Gasteiger charge is 2.11. The number of unbranched alkanes of at least 4 members (excludes halogenated alkanes) is 3. The van der Waals surface area contributed by atoms with E-state index in [4.69, 9.17) is 11.6 Å². The van der Waals surface area contributed by atoms with Crippen LogP contribution in [0.3, 0.4) is 0 Å². The summed E-state index contributed by atoms with van der Waals surface area (Å²) in [7, 11) is 0. The minimum atomic E-state index is 0.459. The zero-order valence-electron chi connectivity index (χ0n) is 12.1. The highest BCUT2D eigenvalue weighted by molar-refractivity contribution is 7.99. The lowest BCUT2D eigenvalue weighted by Crippen LogP contribution is -1.99. The zero-order valence-corrected chi connectivity index (χ0v) is 13.7. The van der Waals surface area contributed by atoms with Crippen LogP contribution in [0.5, 0.6) is 0 Å². The number of aryl methyl sites for hydroxylation is 1. The Bertz CT molecular complexity index is 555. The van der Waals surface area contributed by atoms with Gasteiger partial charge in [-0.1, -0.05) is 56.5 Å². The van der Waals surface area contributed by atoms with Crippen LogP contribution in [0.2, 0.25) is 5.15 Å². The molecule has 0 N–H and O–H groups in total. The van der Waals surface area contributed by atoms with E-state index in [0.717, 1.165) is 35.9 Å². The van der Waals surface area contributed by atoms with E-state index in [1.807, 2.05) is 6.33 Å². The maximum Gasteiger partial charge on any atom is 0.191 e. The first-order valence-electron chi connectivity index (χ1n) is 7.27. The molecule has 0 atom stereocenters. The average Bonchev–Trinajstić information content (AvgIpc) is 2.85. The molecule has 20 heavy (non-hydrogen) atoms. The van der Waals surface area contributed by atoms with Gasteiger partial charge in [-0.3, -0.25) is 0 Å². The minimum absolute atomic E-state index is 0.459. The lowest BCUT2D eigenvalue weighted by molar-refractivity contribution is 0.588. The number of imidazole rings is 1. The van der Waals surface area contributed by atoms with Crippen molar-refractivity contribution in [2.75, 3.05) is 5.75 Å². The molecule has 0 saturated carbocycles. The zero-order chi connectivity index (χ0) is 14.4. The van der Waals surface area contributed by atoms with Crippen LogP contribution in [-0.4, -0.2) is 25.3 Å². The second-order valence-electron chi connectivity index (χ2n) is 4.82. The highest BCUT2D eigenvalue weighted by atomic mass is 35.5. The van der Waals surface area contributed by atoms with Gasteiger partial charge in [-0.15, -0.1) is 0 Å². The Kier molecular flexibility index (Phi) is 6.10. The van der Waals surface area contributed by atoms with Crippen LogP contribution >= 0.6 is 23.4 Å². The third kappa shape index (κ3) is 3.85. The summed E-state index contributed by atoms with van der Waals surface area (Å²) in [5, 5.41) is 1.21. The Morgan fingerprint density at radius 1 is 1.15 bits per heavy atom. The van der Waals surface area contributed by atoms with Crippen molar-refractivity contribution in [3.8, 4) is 0 Å². The molecule has 0 aliphatic rings. The van der Waals surface area contributed by atoms with E-state index in [9.17, 15) is 0 Å². The van der Waals surface area contributed by atoms with Crippen molar-refractivity contribution in [3.05, 3.63) is 11.5 Å². The van der Waals surface area contributed by atoms with E-state index in [2.05, 4.69) is 33.4 Å². The number of hydrogen-bond donors (Lipinski definition) is 0. The Labute approximate surface area is 129 Å². The van der Waals surface area contributed by atoms with Gasteiger partial charge in [0.05, 0.1) is 6.33 Å². The average molecular weight is 313 g/mol. The van der Waals surface area contributed by atoms with Gasteiger partial charge in [0.2, 0.25) is 0 Å². The van der Waals surface area contributed by atoms with Crippen molar-refractivity contribution < 1.29 is 0 Å². The first-order chi connectivity index (χ1) is 9.76. The lowest BCUT2D eigenvalue weighted by atomic mass is 10.2. The lowest BCUT2D eigenvalue weighted by Gasteiger charge is -2.05. The molecule has 0 fully saturated rings. The molecule has 2 aromatic heterocycles. The van der Waals surface area contributed by atoms with Gasteiger partial charge in [-0.05, 0) is 12.8 Å². The van der Waals surface area contributed by atoms with Crippen molar-refractivity contribution in [2.24, 2.45) is 0 Å². The molecular weight excluding hydrogens is 292 g/mol. The predicted octanol–water partition coefficient (Wildman–Crippen LogP) is 4.56. The smallest absolute Gasteiger partial charge is 0.191 e. The number of thioether (sulfide) groups is 1. The number of halogens is 1. The number of aromatic nitrogens is 4. The third-order valence-corrected chi connectivity index (χ3v) is 4.41. The second-order valence-corrected chi connectivity index (χ2v) is 6.24. The SMILES string of the molecule is CCCCCCn1cnc2c(Cl)nc(SCCC)nc21.